The standard InChI is InChI=1S/C17H19N3O/c18-8-5-11-20-12-15(14-6-1-2-7-16(14)20)17(21)13-19-9-3-4-10-19/h1-2,6-7,12H,3-5,9-11,13H2. The van der Waals surface area contributed by atoms with Crippen LogP contribution in [0.25, 0.3) is 10.9 Å². The summed E-state index contributed by atoms with van der Waals surface area (Å²) in [6.45, 7) is 3.19. The first-order chi connectivity index (χ1) is 10.3. The van der Waals surface area contributed by atoms with Gasteiger partial charge in [0, 0.05) is 29.2 Å². The summed E-state index contributed by atoms with van der Waals surface area (Å²) in [5.41, 5.74) is 1.83. The predicted molar refractivity (Wildman–Crippen MR) is 82.2 cm³/mol. The lowest BCUT2D eigenvalue weighted by Gasteiger charge is -2.12. The first-order valence-corrected chi connectivity index (χ1v) is 7.50. The van der Waals surface area contributed by atoms with Crippen LogP contribution in [-0.2, 0) is 6.54 Å². The number of aryl methyl sites for hydroxylation is 1. The minimum atomic E-state index is 0.184. The van der Waals surface area contributed by atoms with Gasteiger partial charge in [-0.2, -0.15) is 5.26 Å². The smallest absolute Gasteiger partial charge is 0.178 e. The number of hydrogen-bond acceptors (Lipinski definition) is 3. The molecule has 0 saturated carbocycles. The number of aromatic nitrogens is 1. The molecule has 4 nitrogen and oxygen atoms in total. The SMILES string of the molecule is N#CCCn1cc(C(=O)CN2CCCC2)c2ccccc21. The average Bonchev–Trinajstić information content (AvgIpc) is 3.12. The second kappa shape index (κ2) is 6.11. The first-order valence-electron chi connectivity index (χ1n) is 7.50. The van der Waals surface area contributed by atoms with Crippen LogP contribution in [0.15, 0.2) is 30.5 Å². The van der Waals surface area contributed by atoms with Crippen molar-refractivity contribution in [2.75, 3.05) is 19.6 Å². The van der Waals surface area contributed by atoms with E-state index in [9.17, 15) is 4.79 Å². The van der Waals surface area contributed by atoms with Gasteiger partial charge in [0.05, 0.1) is 19.0 Å². The molecular formula is C17H19N3O. The molecule has 0 spiro atoms. The number of hydrogen-bond donors (Lipinski definition) is 0. The number of para-hydroxylation sites is 1. The summed E-state index contributed by atoms with van der Waals surface area (Å²) in [6.07, 6.45) is 4.76. The van der Waals surface area contributed by atoms with Crippen molar-refractivity contribution in [2.45, 2.75) is 25.8 Å². The highest BCUT2D eigenvalue weighted by molar-refractivity contribution is 6.09. The summed E-state index contributed by atoms with van der Waals surface area (Å²) < 4.78 is 2.02. The number of carbonyl (C=O) groups excluding carboxylic acids is 1. The van der Waals surface area contributed by atoms with E-state index in [-0.39, 0.29) is 5.78 Å². The lowest BCUT2D eigenvalue weighted by Crippen LogP contribution is -2.26. The molecule has 1 aromatic carbocycles. The molecule has 0 bridgehead atoms. The number of likely N-dealkylation sites (tertiary alicyclic amines) is 1. The Morgan fingerprint density at radius 1 is 1.24 bits per heavy atom. The maximum absolute atomic E-state index is 12.6. The van der Waals surface area contributed by atoms with Crippen LogP contribution in [0.3, 0.4) is 0 Å². The molecule has 1 saturated heterocycles. The maximum Gasteiger partial charge on any atom is 0.178 e. The molecule has 0 aliphatic carbocycles. The van der Waals surface area contributed by atoms with Crippen LogP contribution in [0.4, 0.5) is 0 Å². The minimum absolute atomic E-state index is 0.184. The highest BCUT2D eigenvalue weighted by Gasteiger charge is 2.19. The number of Topliss-reactive ketones (excluding diaryl/α,β-unsaturated/α-hetero) is 1. The molecule has 1 aliphatic rings. The van der Waals surface area contributed by atoms with E-state index in [4.69, 9.17) is 5.26 Å². The quantitative estimate of drug-likeness (QED) is 0.792. The van der Waals surface area contributed by atoms with Gasteiger partial charge in [0.25, 0.3) is 0 Å². The van der Waals surface area contributed by atoms with Crippen molar-refractivity contribution in [3.05, 3.63) is 36.0 Å². The molecule has 1 aliphatic heterocycles. The molecule has 108 valence electrons. The van der Waals surface area contributed by atoms with Gasteiger partial charge in [0.15, 0.2) is 5.78 Å². The number of benzene rings is 1. The van der Waals surface area contributed by atoms with Crippen LogP contribution < -0.4 is 0 Å². The Hall–Kier alpha value is -2.12. The summed E-state index contributed by atoms with van der Waals surface area (Å²) in [7, 11) is 0. The fraction of sp³-hybridized carbons (Fsp3) is 0.412. The second-order valence-corrected chi connectivity index (χ2v) is 5.57. The highest BCUT2D eigenvalue weighted by atomic mass is 16.1. The molecule has 1 fully saturated rings. The monoisotopic (exact) mass is 281 g/mol. The van der Waals surface area contributed by atoms with Crippen molar-refractivity contribution >= 4 is 16.7 Å². The van der Waals surface area contributed by atoms with Crippen LogP contribution in [-0.4, -0.2) is 34.9 Å². The van der Waals surface area contributed by atoms with Crippen LogP contribution in [0.1, 0.15) is 29.6 Å². The number of nitrogens with zero attached hydrogens (tertiary/aromatic N) is 3. The van der Waals surface area contributed by atoms with Crippen molar-refractivity contribution in [1.29, 1.82) is 5.26 Å². The van der Waals surface area contributed by atoms with Crippen LogP contribution >= 0.6 is 0 Å². The first kappa shape index (κ1) is 13.8. The lowest BCUT2D eigenvalue weighted by molar-refractivity contribution is 0.0947. The van der Waals surface area contributed by atoms with Crippen LogP contribution in [0.2, 0.25) is 0 Å². The maximum atomic E-state index is 12.6. The van der Waals surface area contributed by atoms with Gasteiger partial charge in [-0.1, -0.05) is 18.2 Å². The summed E-state index contributed by atoms with van der Waals surface area (Å²) in [6, 6.07) is 10.1. The van der Waals surface area contributed by atoms with E-state index in [0.717, 1.165) is 29.6 Å². The zero-order valence-electron chi connectivity index (χ0n) is 12.1. The van der Waals surface area contributed by atoms with Crippen molar-refractivity contribution in [3.8, 4) is 6.07 Å². The molecule has 2 heterocycles. The van der Waals surface area contributed by atoms with Gasteiger partial charge in [-0.3, -0.25) is 9.69 Å². The minimum Gasteiger partial charge on any atom is -0.346 e. The van der Waals surface area contributed by atoms with E-state index in [1.165, 1.54) is 12.8 Å². The van der Waals surface area contributed by atoms with Crippen molar-refractivity contribution < 1.29 is 4.79 Å². The van der Waals surface area contributed by atoms with Gasteiger partial charge < -0.3 is 4.57 Å². The van der Waals surface area contributed by atoms with Gasteiger partial charge in [-0.05, 0) is 32.0 Å². The van der Waals surface area contributed by atoms with Gasteiger partial charge in [0.1, 0.15) is 0 Å². The average molecular weight is 281 g/mol. The Labute approximate surface area is 124 Å². The van der Waals surface area contributed by atoms with Gasteiger partial charge in [0.2, 0.25) is 0 Å². The number of fused-ring (bicyclic) bond motifs is 1. The van der Waals surface area contributed by atoms with Gasteiger partial charge in [-0.25, -0.2) is 0 Å². The molecule has 4 heteroatoms. The normalized spacial score (nSPS) is 15.4. The van der Waals surface area contributed by atoms with Crippen molar-refractivity contribution in [1.82, 2.24) is 9.47 Å². The summed E-state index contributed by atoms with van der Waals surface area (Å²) in [5, 5.41) is 9.77. The van der Waals surface area contributed by atoms with E-state index < -0.39 is 0 Å². The predicted octanol–water partition coefficient (Wildman–Crippen LogP) is 2.83. The largest absolute Gasteiger partial charge is 0.346 e. The fourth-order valence-corrected chi connectivity index (χ4v) is 3.05. The molecule has 1 aromatic heterocycles. The fourth-order valence-electron chi connectivity index (χ4n) is 3.05. The second-order valence-electron chi connectivity index (χ2n) is 5.57. The Morgan fingerprint density at radius 2 is 2.00 bits per heavy atom. The summed E-state index contributed by atoms with van der Waals surface area (Å²) >= 11 is 0. The Morgan fingerprint density at radius 3 is 2.76 bits per heavy atom. The number of ketones is 1. The van der Waals surface area contributed by atoms with E-state index in [1.807, 2.05) is 35.0 Å². The van der Waals surface area contributed by atoms with Crippen molar-refractivity contribution in [3.63, 3.8) is 0 Å². The molecule has 21 heavy (non-hydrogen) atoms. The number of rotatable bonds is 5. The Balaban J connectivity index is 1.90. The lowest BCUT2D eigenvalue weighted by atomic mass is 10.1. The number of carbonyl (C=O) groups is 1. The zero-order chi connectivity index (χ0) is 14.7. The molecule has 0 atom stereocenters. The third-order valence-electron chi connectivity index (χ3n) is 4.12. The Bertz CT molecular complexity index is 690. The summed E-state index contributed by atoms with van der Waals surface area (Å²) in [4.78, 5) is 14.8. The Kier molecular flexibility index (Phi) is 4.03. The van der Waals surface area contributed by atoms with E-state index >= 15 is 0 Å². The van der Waals surface area contributed by atoms with E-state index in [1.54, 1.807) is 0 Å². The molecule has 0 unspecified atom stereocenters. The highest BCUT2D eigenvalue weighted by Crippen LogP contribution is 2.23. The third kappa shape index (κ3) is 2.84. The summed E-state index contributed by atoms with van der Waals surface area (Å²) in [5.74, 6) is 0.184. The van der Waals surface area contributed by atoms with E-state index in [0.29, 0.717) is 19.5 Å². The molecule has 2 aromatic rings. The number of nitriles is 1. The van der Waals surface area contributed by atoms with Crippen molar-refractivity contribution in [2.24, 2.45) is 0 Å². The van der Waals surface area contributed by atoms with Gasteiger partial charge in [-0.15, -0.1) is 0 Å². The molecule has 0 N–H and O–H groups in total. The topological polar surface area (TPSA) is 49.0 Å². The van der Waals surface area contributed by atoms with Gasteiger partial charge >= 0.3 is 0 Å². The molecular weight excluding hydrogens is 262 g/mol. The third-order valence-corrected chi connectivity index (χ3v) is 4.12. The molecule has 0 radical (unpaired) electrons. The molecule has 0 amide bonds. The van der Waals surface area contributed by atoms with Crippen LogP contribution in [0.5, 0.6) is 0 Å². The molecule has 3 rings (SSSR count). The zero-order valence-corrected chi connectivity index (χ0v) is 12.1. The van der Waals surface area contributed by atoms with Crippen LogP contribution in [0, 0.1) is 11.3 Å². The van der Waals surface area contributed by atoms with E-state index in [2.05, 4.69) is 11.0 Å².